The first-order valence-electron chi connectivity index (χ1n) is 8.66. The van der Waals surface area contributed by atoms with Crippen LogP contribution in [0, 0.1) is 11.6 Å². The molecular formula is C20H18ClF2N3O2. The summed E-state index contributed by atoms with van der Waals surface area (Å²) in [4.78, 5) is 18.6. The Bertz CT molecular complexity index is 1030. The minimum atomic E-state index is -1.53. The third-order valence-corrected chi connectivity index (χ3v) is 5.28. The normalized spacial score (nSPS) is 22.9. The maximum Gasteiger partial charge on any atom is 0.262 e. The molecule has 2 N–H and O–H groups in total. The quantitative estimate of drug-likeness (QED) is 0.784. The van der Waals surface area contributed by atoms with Crippen LogP contribution in [0.25, 0.3) is 11.1 Å². The van der Waals surface area contributed by atoms with Crippen molar-refractivity contribution in [3.8, 4) is 16.9 Å². The van der Waals surface area contributed by atoms with E-state index in [0.29, 0.717) is 0 Å². The summed E-state index contributed by atoms with van der Waals surface area (Å²) in [7, 11) is 1.49. The molecule has 28 heavy (non-hydrogen) atoms. The second-order valence-corrected chi connectivity index (χ2v) is 8.13. The lowest BCUT2D eigenvalue weighted by atomic mass is 9.76. The summed E-state index contributed by atoms with van der Waals surface area (Å²) >= 11 is 5.93. The van der Waals surface area contributed by atoms with Crippen LogP contribution in [-0.2, 0) is 10.3 Å². The Morgan fingerprint density at radius 1 is 1.25 bits per heavy atom. The van der Waals surface area contributed by atoms with Crippen molar-refractivity contribution in [2.75, 3.05) is 7.05 Å². The second-order valence-electron chi connectivity index (χ2n) is 7.69. The minimum absolute atomic E-state index is 0.00186. The van der Waals surface area contributed by atoms with Crippen molar-refractivity contribution in [1.82, 2.24) is 4.90 Å². The van der Waals surface area contributed by atoms with Gasteiger partial charge in [0.2, 0.25) is 0 Å². The van der Waals surface area contributed by atoms with Crippen molar-refractivity contribution in [1.29, 1.82) is 0 Å². The molecule has 2 heterocycles. The van der Waals surface area contributed by atoms with E-state index in [1.807, 2.05) is 0 Å². The number of guanidine groups is 1. The highest BCUT2D eigenvalue weighted by molar-refractivity contribution is 6.30. The monoisotopic (exact) mass is 405 g/mol. The van der Waals surface area contributed by atoms with Crippen LogP contribution in [-0.4, -0.2) is 29.4 Å². The maximum atomic E-state index is 15.8. The molecule has 0 bridgehead atoms. The molecule has 8 heteroatoms. The fraction of sp³-hybridized carbons (Fsp3) is 0.300. The number of nitrogens with two attached hydrogens (primary N) is 1. The van der Waals surface area contributed by atoms with Crippen LogP contribution in [0.15, 0.2) is 35.3 Å². The number of amides is 1. The largest absolute Gasteiger partial charge is 0.487 e. The number of likely N-dealkylation sites (N-methyl/N-ethyl adjacent to an activating group) is 1. The van der Waals surface area contributed by atoms with E-state index in [1.54, 1.807) is 19.9 Å². The van der Waals surface area contributed by atoms with E-state index in [0.717, 1.165) is 6.07 Å². The van der Waals surface area contributed by atoms with E-state index in [1.165, 1.54) is 30.1 Å². The lowest BCUT2D eigenvalue weighted by Gasteiger charge is -2.41. The van der Waals surface area contributed by atoms with Gasteiger partial charge in [0.05, 0.1) is 5.56 Å². The summed E-state index contributed by atoms with van der Waals surface area (Å²) in [6, 6.07) is 6.80. The fourth-order valence-electron chi connectivity index (χ4n) is 3.98. The van der Waals surface area contributed by atoms with E-state index in [9.17, 15) is 9.18 Å². The van der Waals surface area contributed by atoms with Crippen LogP contribution in [0.1, 0.15) is 25.8 Å². The minimum Gasteiger partial charge on any atom is -0.487 e. The maximum absolute atomic E-state index is 15.8. The topological polar surface area (TPSA) is 67.9 Å². The van der Waals surface area contributed by atoms with Crippen LogP contribution in [0.2, 0.25) is 5.02 Å². The number of halogens is 3. The Morgan fingerprint density at radius 3 is 2.57 bits per heavy atom. The Morgan fingerprint density at radius 2 is 1.96 bits per heavy atom. The first-order valence-corrected chi connectivity index (χ1v) is 9.04. The molecule has 0 aliphatic carbocycles. The van der Waals surface area contributed by atoms with E-state index < -0.39 is 28.7 Å². The first kappa shape index (κ1) is 18.7. The molecule has 1 atom stereocenters. The van der Waals surface area contributed by atoms with E-state index in [-0.39, 0.29) is 39.8 Å². The molecule has 2 aliphatic rings. The smallest absolute Gasteiger partial charge is 0.262 e. The molecule has 0 radical (unpaired) electrons. The lowest BCUT2D eigenvalue weighted by Crippen LogP contribution is -2.49. The molecule has 2 aromatic rings. The van der Waals surface area contributed by atoms with Crippen LogP contribution < -0.4 is 10.5 Å². The van der Waals surface area contributed by atoms with Gasteiger partial charge in [-0.15, -0.1) is 0 Å². The Kier molecular flexibility index (Phi) is 3.94. The number of hydrogen-bond acceptors (Lipinski definition) is 4. The second kappa shape index (κ2) is 5.91. The highest BCUT2D eigenvalue weighted by Crippen LogP contribution is 2.51. The summed E-state index contributed by atoms with van der Waals surface area (Å²) < 4.78 is 35.5. The number of fused-ring (bicyclic) bond motifs is 2. The van der Waals surface area contributed by atoms with Crippen LogP contribution >= 0.6 is 11.6 Å². The van der Waals surface area contributed by atoms with Gasteiger partial charge in [-0.1, -0.05) is 11.6 Å². The van der Waals surface area contributed by atoms with Gasteiger partial charge in [-0.05, 0) is 49.7 Å². The van der Waals surface area contributed by atoms with Gasteiger partial charge in [0, 0.05) is 24.1 Å². The predicted octanol–water partition coefficient (Wildman–Crippen LogP) is 3.83. The van der Waals surface area contributed by atoms with E-state index in [2.05, 4.69) is 4.99 Å². The zero-order chi connectivity index (χ0) is 20.4. The Labute approximate surface area is 165 Å². The van der Waals surface area contributed by atoms with Gasteiger partial charge in [0.25, 0.3) is 5.91 Å². The molecular weight excluding hydrogens is 388 g/mol. The summed E-state index contributed by atoms with van der Waals surface area (Å²) in [6.45, 7) is 3.60. The molecule has 1 unspecified atom stereocenters. The van der Waals surface area contributed by atoms with E-state index >= 15 is 4.39 Å². The van der Waals surface area contributed by atoms with Crippen LogP contribution in [0.5, 0.6) is 5.75 Å². The fourth-order valence-corrected chi connectivity index (χ4v) is 4.20. The predicted molar refractivity (Wildman–Crippen MR) is 102 cm³/mol. The summed E-state index contributed by atoms with van der Waals surface area (Å²) in [5.74, 6) is -1.52. The molecule has 0 saturated carbocycles. The van der Waals surface area contributed by atoms with Crippen LogP contribution in [0.3, 0.4) is 0 Å². The molecule has 1 amide bonds. The van der Waals surface area contributed by atoms with Gasteiger partial charge in [-0.2, -0.15) is 0 Å². The van der Waals surface area contributed by atoms with Crippen molar-refractivity contribution in [2.45, 2.75) is 31.4 Å². The lowest BCUT2D eigenvalue weighted by molar-refractivity contribution is -0.133. The Balaban J connectivity index is 2.00. The van der Waals surface area contributed by atoms with Gasteiger partial charge < -0.3 is 10.5 Å². The molecule has 2 aromatic carbocycles. The van der Waals surface area contributed by atoms with E-state index in [4.69, 9.17) is 22.1 Å². The number of benzene rings is 2. The van der Waals surface area contributed by atoms with Crippen molar-refractivity contribution in [2.24, 2.45) is 10.7 Å². The van der Waals surface area contributed by atoms with Gasteiger partial charge in [-0.3, -0.25) is 9.69 Å². The zero-order valence-electron chi connectivity index (χ0n) is 15.5. The Hall–Kier alpha value is -2.67. The third kappa shape index (κ3) is 2.64. The number of carbonyl (C=O) groups excluding carboxylic acids is 1. The summed E-state index contributed by atoms with van der Waals surface area (Å²) in [5, 5.41) is 0.137. The molecule has 2 aliphatic heterocycles. The molecule has 146 valence electrons. The van der Waals surface area contributed by atoms with Gasteiger partial charge in [0.15, 0.2) is 11.5 Å². The van der Waals surface area contributed by atoms with Gasteiger partial charge in [0.1, 0.15) is 23.0 Å². The highest BCUT2D eigenvalue weighted by Gasteiger charge is 2.57. The van der Waals surface area contributed by atoms with Crippen molar-refractivity contribution >= 4 is 23.5 Å². The molecule has 1 spiro atoms. The number of aliphatic imine (C=N–C) groups is 1. The average molecular weight is 406 g/mol. The molecule has 0 fully saturated rings. The molecule has 5 nitrogen and oxygen atoms in total. The number of rotatable bonds is 1. The van der Waals surface area contributed by atoms with Crippen molar-refractivity contribution in [3.05, 3.63) is 52.6 Å². The number of hydrogen-bond donors (Lipinski definition) is 1. The molecule has 0 saturated heterocycles. The van der Waals surface area contributed by atoms with Crippen molar-refractivity contribution < 1.29 is 18.3 Å². The SMILES string of the molecule is CN1C(=O)C2(CC(C)(C)Oc3ccc(-c4cc(F)cc(Cl)c4)c(F)c32)N=C1N. The number of carbonyl (C=O) groups is 1. The van der Waals surface area contributed by atoms with Crippen molar-refractivity contribution in [3.63, 3.8) is 0 Å². The van der Waals surface area contributed by atoms with Crippen LogP contribution in [0.4, 0.5) is 8.78 Å². The zero-order valence-corrected chi connectivity index (χ0v) is 16.3. The molecule has 0 aromatic heterocycles. The molecule has 4 rings (SSSR count). The summed E-state index contributed by atoms with van der Waals surface area (Å²) in [5.41, 5.74) is 3.93. The number of ether oxygens (including phenoxy) is 1. The first-order chi connectivity index (χ1) is 13.0. The highest BCUT2D eigenvalue weighted by atomic mass is 35.5. The van der Waals surface area contributed by atoms with Gasteiger partial charge in [-0.25, -0.2) is 13.8 Å². The summed E-state index contributed by atoms with van der Waals surface area (Å²) in [6.07, 6.45) is 0.112. The number of nitrogens with zero attached hydrogens (tertiary/aromatic N) is 2. The third-order valence-electron chi connectivity index (χ3n) is 5.07. The average Bonchev–Trinajstić information content (AvgIpc) is 2.77. The van der Waals surface area contributed by atoms with Gasteiger partial charge >= 0.3 is 0 Å². The standard InChI is InChI=1S/C20H18ClF2N3O2/c1-19(2)9-20(17(27)26(3)18(24)25-20)15-14(28-19)5-4-13(16(15)23)10-6-11(21)8-12(22)7-10/h4-8H,9H2,1-3H3,(H2,24,25).